The van der Waals surface area contributed by atoms with E-state index in [9.17, 15) is 4.79 Å². The van der Waals surface area contributed by atoms with E-state index >= 15 is 0 Å². The Labute approximate surface area is 108 Å². The number of nitrogens with one attached hydrogen (secondary N) is 2. The summed E-state index contributed by atoms with van der Waals surface area (Å²) >= 11 is 0. The van der Waals surface area contributed by atoms with Gasteiger partial charge in [-0.15, -0.1) is 0 Å². The maximum Gasteiger partial charge on any atom is 0.227 e. The van der Waals surface area contributed by atoms with E-state index in [4.69, 9.17) is 9.84 Å². The monoisotopic (exact) mass is 256 g/mol. The zero-order valence-electron chi connectivity index (χ0n) is 11.1. The molecule has 5 heteroatoms. The summed E-state index contributed by atoms with van der Waals surface area (Å²) in [5.74, 6) is 0.0116. The van der Waals surface area contributed by atoms with Gasteiger partial charge in [0, 0.05) is 19.2 Å². The molecule has 0 aromatic heterocycles. The smallest absolute Gasteiger partial charge is 0.227 e. The summed E-state index contributed by atoms with van der Waals surface area (Å²) in [6, 6.07) is 0.142. The van der Waals surface area contributed by atoms with E-state index in [0.29, 0.717) is 19.8 Å². The highest BCUT2D eigenvalue weighted by Gasteiger charge is 2.43. The van der Waals surface area contributed by atoms with Crippen LogP contribution in [0.2, 0.25) is 0 Å². The number of carbonyl (C=O) groups excluding carboxylic acids is 1. The zero-order chi connectivity index (χ0) is 13.0. The molecule has 3 N–H and O–H groups in total. The van der Waals surface area contributed by atoms with Crippen LogP contribution in [0.3, 0.4) is 0 Å². The number of hydrogen-bond acceptors (Lipinski definition) is 4. The SMILES string of the molecule is CCNC1COCC1C(=O)NCC1(CCO)CC1. The first-order chi connectivity index (χ1) is 8.71. The van der Waals surface area contributed by atoms with Gasteiger partial charge in [-0.05, 0) is 31.2 Å². The predicted octanol–water partition coefficient (Wildman–Crippen LogP) is -0.110. The Bertz CT molecular complexity index is 292. The molecular formula is C13H24N2O3. The van der Waals surface area contributed by atoms with Crippen LogP contribution >= 0.6 is 0 Å². The van der Waals surface area contributed by atoms with Gasteiger partial charge >= 0.3 is 0 Å². The van der Waals surface area contributed by atoms with Crippen molar-refractivity contribution in [3.05, 3.63) is 0 Å². The molecule has 1 amide bonds. The van der Waals surface area contributed by atoms with E-state index in [1.54, 1.807) is 0 Å². The molecule has 1 saturated heterocycles. The molecule has 0 aromatic carbocycles. The van der Waals surface area contributed by atoms with Crippen molar-refractivity contribution in [2.45, 2.75) is 32.2 Å². The summed E-state index contributed by atoms with van der Waals surface area (Å²) in [4.78, 5) is 12.1. The third-order valence-corrected chi connectivity index (χ3v) is 4.12. The van der Waals surface area contributed by atoms with Crippen LogP contribution in [0.15, 0.2) is 0 Å². The molecule has 2 atom stereocenters. The van der Waals surface area contributed by atoms with Crippen LogP contribution in [-0.2, 0) is 9.53 Å². The molecule has 0 aromatic rings. The number of carbonyl (C=O) groups is 1. The highest BCUT2D eigenvalue weighted by molar-refractivity contribution is 5.80. The van der Waals surface area contributed by atoms with Gasteiger partial charge in [0.2, 0.25) is 5.91 Å². The standard InChI is InChI=1S/C13H24N2O3/c1-2-14-11-8-18-7-10(11)12(17)15-9-13(3-4-13)5-6-16/h10-11,14,16H,2-9H2,1H3,(H,15,17). The van der Waals surface area contributed by atoms with E-state index in [0.717, 1.165) is 25.8 Å². The highest BCUT2D eigenvalue weighted by Crippen LogP contribution is 2.47. The van der Waals surface area contributed by atoms with Gasteiger partial charge in [-0.2, -0.15) is 0 Å². The fourth-order valence-electron chi connectivity index (χ4n) is 2.61. The number of aliphatic hydroxyl groups is 1. The Morgan fingerprint density at radius 1 is 1.44 bits per heavy atom. The number of rotatable bonds is 7. The number of likely N-dealkylation sites (N-methyl/N-ethyl adjacent to an activating group) is 1. The summed E-state index contributed by atoms with van der Waals surface area (Å²) in [5.41, 5.74) is 0.178. The Balaban J connectivity index is 1.77. The van der Waals surface area contributed by atoms with Crippen LogP contribution in [-0.4, -0.2) is 50.0 Å². The second-order valence-electron chi connectivity index (χ2n) is 5.50. The lowest BCUT2D eigenvalue weighted by Crippen LogP contribution is -2.45. The van der Waals surface area contributed by atoms with Gasteiger partial charge in [0.15, 0.2) is 0 Å². The van der Waals surface area contributed by atoms with Crippen molar-refractivity contribution in [1.29, 1.82) is 0 Å². The lowest BCUT2D eigenvalue weighted by atomic mass is 10.00. The molecule has 0 radical (unpaired) electrons. The first-order valence-electron chi connectivity index (χ1n) is 6.90. The van der Waals surface area contributed by atoms with Gasteiger partial charge < -0.3 is 20.5 Å². The molecular weight excluding hydrogens is 232 g/mol. The summed E-state index contributed by atoms with van der Waals surface area (Å²) in [7, 11) is 0. The van der Waals surface area contributed by atoms with Crippen LogP contribution in [0.1, 0.15) is 26.2 Å². The van der Waals surface area contributed by atoms with E-state index < -0.39 is 0 Å². The Morgan fingerprint density at radius 3 is 2.83 bits per heavy atom. The molecule has 1 heterocycles. The van der Waals surface area contributed by atoms with Crippen molar-refractivity contribution < 1.29 is 14.6 Å². The lowest BCUT2D eigenvalue weighted by Gasteiger charge is -2.20. The number of hydrogen-bond donors (Lipinski definition) is 3. The molecule has 18 heavy (non-hydrogen) atoms. The normalized spacial score (nSPS) is 29.2. The van der Waals surface area contributed by atoms with E-state index in [1.807, 2.05) is 6.92 Å². The lowest BCUT2D eigenvalue weighted by molar-refractivity contribution is -0.125. The molecule has 0 spiro atoms. The highest BCUT2D eigenvalue weighted by atomic mass is 16.5. The van der Waals surface area contributed by atoms with Gasteiger partial charge in [0.25, 0.3) is 0 Å². The van der Waals surface area contributed by atoms with Crippen LogP contribution in [0.25, 0.3) is 0 Å². The van der Waals surface area contributed by atoms with Crippen molar-refractivity contribution in [3.8, 4) is 0 Å². The molecule has 2 aliphatic rings. The second-order valence-corrected chi connectivity index (χ2v) is 5.50. The van der Waals surface area contributed by atoms with Crippen LogP contribution in [0.4, 0.5) is 0 Å². The molecule has 0 bridgehead atoms. The van der Waals surface area contributed by atoms with E-state index in [1.165, 1.54) is 0 Å². The largest absolute Gasteiger partial charge is 0.396 e. The topological polar surface area (TPSA) is 70.6 Å². The summed E-state index contributed by atoms with van der Waals surface area (Å²) < 4.78 is 5.38. The maximum atomic E-state index is 12.1. The first kappa shape index (κ1) is 13.8. The third-order valence-electron chi connectivity index (χ3n) is 4.12. The molecule has 1 saturated carbocycles. The van der Waals surface area contributed by atoms with Crippen molar-refractivity contribution in [1.82, 2.24) is 10.6 Å². The Kier molecular flexibility index (Phi) is 4.59. The summed E-state index contributed by atoms with van der Waals surface area (Å²) in [6.45, 7) is 4.92. The molecule has 2 rings (SSSR count). The quantitative estimate of drug-likeness (QED) is 0.594. The van der Waals surface area contributed by atoms with Crippen molar-refractivity contribution in [2.75, 3.05) is 32.9 Å². The molecule has 5 nitrogen and oxygen atoms in total. The summed E-state index contributed by atoms with van der Waals surface area (Å²) in [6.07, 6.45) is 3.03. The molecule has 1 aliphatic carbocycles. The fraction of sp³-hybridized carbons (Fsp3) is 0.923. The van der Waals surface area contributed by atoms with Gasteiger partial charge in [0.1, 0.15) is 0 Å². The van der Waals surface area contributed by atoms with Crippen molar-refractivity contribution >= 4 is 5.91 Å². The van der Waals surface area contributed by atoms with Crippen molar-refractivity contribution in [3.63, 3.8) is 0 Å². The minimum absolute atomic E-state index is 0.0742. The minimum Gasteiger partial charge on any atom is -0.396 e. The van der Waals surface area contributed by atoms with Gasteiger partial charge in [-0.1, -0.05) is 6.92 Å². The maximum absolute atomic E-state index is 12.1. The van der Waals surface area contributed by atoms with Gasteiger partial charge in [-0.25, -0.2) is 0 Å². The average molecular weight is 256 g/mol. The zero-order valence-corrected chi connectivity index (χ0v) is 11.1. The number of aliphatic hydroxyl groups excluding tert-OH is 1. The van der Waals surface area contributed by atoms with E-state index in [2.05, 4.69) is 10.6 Å². The van der Waals surface area contributed by atoms with Crippen LogP contribution in [0, 0.1) is 11.3 Å². The van der Waals surface area contributed by atoms with Gasteiger partial charge in [0.05, 0.1) is 19.1 Å². The van der Waals surface area contributed by atoms with Gasteiger partial charge in [-0.3, -0.25) is 4.79 Å². The predicted molar refractivity (Wildman–Crippen MR) is 68.2 cm³/mol. The van der Waals surface area contributed by atoms with Crippen molar-refractivity contribution in [2.24, 2.45) is 11.3 Å². The first-order valence-corrected chi connectivity index (χ1v) is 6.90. The second kappa shape index (κ2) is 5.99. The Morgan fingerprint density at radius 2 is 2.22 bits per heavy atom. The fourth-order valence-corrected chi connectivity index (χ4v) is 2.61. The minimum atomic E-state index is -0.0742. The van der Waals surface area contributed by atoms with Crippen LogP contribution in [0.5, 0.6) is 0 Å². The molecule has 1 aliphatic heterocycles. The molecule has 104 valence electrons. The van der Waals surface area contributed by atoms with E-state index in [-0.39, 0.29) is 29.9 Å². The Hall–Kier alpha value is -0.650. The molecule has 2 fully saturated rings. The third kappa shape index (κ3) is 3.22. The number of ether oxygens (including phenoxy) is 1. The average Bonchev–Trinajstić information content (AvgIpc) is 2.96. The van der Waals surface area contributed by atoms with Crippen LogP contribution < -0.4 is 10.6 Å². The summed E-state index contributed by atoms with van der Waals surface area (Å²) in [5, 5.41) is 15.3. The molecule has 2 unspecified atom stereocenters. The number of amides is 1.